The number of rotatable bonds is 6. The van der Waals surface area contributed by atoms with E-state index in [-0.39, 0.29) is 6.04 Å². The smallest absolute Gasteiger partial charge is 0.141 e. The maximum absolute atomic E-state index is 6.14. The minimum Gasteiger partial charge on any atom is -0.491 e. The molecule has 1 aromatic carbocycles. The van der Waals surface area contributed by atoms with Gasteiger partial charge < -0.3 is 10.5 Å². The van der Waals surface area contributed by atoms with Gasteiger partial charge in [-0.3, -0.25) is 0 Å². The van der Waals surface area contributed by atoms with Crippen molar-refractivity contribution >= 4 is 11.6 Å². The van der Waals surface area contributed by atoms with Crippen molar-refractivity contribution in [2.45, 2.75) is 32.7 Å². The maximum atomic E-state index is 6.14. The normalized spacial score (nSPS) is 12.2. The summed E-state index contributed by atoms with van der Waals surface area (Å²) in [5.74, 6) is 0.757. The Morgan fingerprint density at radius 2 is 2.24 bits per heavy atom. The van der Waals surface area contributed by atoms with Crippen LogP contribution in [0.1, 0.15) is 25.8 Å². The third-order valence-electron chi connectivity index (χ3n) is 2.37. The topological polar surface area (TPSA) is 35.2 Å². The van der Waals surface area contributed by atoms with E-state index in [0.29, 0.717) is 11.6 Å². The summed E-state index contributed by atoms with van der Waals surface area (Å²) in [6.07, 6.45) is 1.60. The quantitative estimate of drug-likeness (QED) is 0.787. The standard InChI is InChI=1S/C14H20ClNO/c1-10(2)7-8-17-14-12(9-11(3)16)5-4-6-13(14)15/h4-6,11H,1,7-9,16H2,2-3H3. The second-order valence-electron chi connectivity index (χ2n) is 4.47. The average Bonchev–Trinajstić information content (AvgIpc) is 2.21. The lowest BCUT2D eigenvalue weighted by Crippen LogP contribution is -2.18. The zero-order valence-corrected chi connectivity index (χ0v) is 11.3. The van der Waals surface area contributed by atoms with Crippen molar-refractivity contribution in [1.29, 1.82) is 0 Å². The van der Waals surface area contributed by atoms with Gasteiger partial charge in [-0.15, -0.1) is 6.58 Å². The number of ether oxygens (including phenoxy) is 1. The van der Waals surface area contributed by atoms with Crippen LogP contribution < -0.4 is 10.5 Å². The predicted molar refractivity (Wildman–Crippen MR) is 73.7 cm³/mol. The predicted octanol–water partition coefficient (Wildman–Crippen LogP) is 3.57. The number of nitrogens with two attached hydrogens (primary N) is 1. The lowest BCUT2D eigenvalue weighted by Gasteiger charge is -2.14. The average molecular weight is 254 g/mol. The first kappa shape index (κ1) is 14.1. The highest BCUT2D eigenvalue weighted by Crippen LogP contribution is 2.29. The highest BCUT2D eigenvalue weighted by atomic mass is 35.5. The number of para-hydroxylation sites is 1. The molecule has 0 spiro atoms. The van der Waals surface area contributed by atoms with Gasteiger partial charge in [-0.05, 0) is 31.9 Å². The maximum Gasteiger partial charge on any atom is 0.141 e. The van der Waals surface area contributed by atoms with Crippen LogP contribution in [-0.4, -0.2) is 12.6 Å². The Hall–Kier alpha value is -0.990. The van der Waals surface area contributed by atoms with Crippen molar-refractivity contribution in [1.82, 2.24) is 0 Å². The summed E-state index contributed by atoms with van der Waals surface area (Å²) in [6, 6.07) is 5.86. The Kier molecular flexibility index (Phi) is 5.52. The Balaban J connectivity index is 2.76. The highest BCUT2D eigenvalue weighted by Gasteiger charge is 2.09. The Morgan fingerprint density at radius 1 is 1.53 bits per heavy atom. The van der Waals surface area contributed by atoms with Crippen molar-refractivity contribution < 1.29 is 4.74 Å². The minimum atomic E-state index is 0.0944. The van der Waals surface area contributed by atoms with Gasteiger partial charge in [0.1, 0.15) is 5.75 Å². The second kappa shape index (κ2) is 6.67. The molecule has 1 unspecified atom stereocenters. The molecule has 1 aromatic rings. The van der Waals surface area contributed by atoms with E-state index in [1.807, 2.05) is 32.0 Å². The van der Waals surface area contributed by atoms with Gasteiger partial charge in [0.05, 0.1) is 11.6 Å². The molecule has 0 saturated carbocycles. The number of hydrogen-bond acceptors (Lipinski definition) is 2. The molecule has 0 heterocycles. The van der Waals surface area contributed by atoms with E-state index < -0.39 is 0 Å². The van der Waals surface area contributed by atoms with E-state index in [9.17, 15) is 0 Å². The highest BCUT2D eigenvalue weighted by molar-refractivity contribution is 6.32. The van der Waals surface area contributed by atoms with Crippen LogP contribution in [0.5, 0.6) is 5.75 Å². The van der Waals surface area contributed by atoms with Gasteiger partial charge in [0, 0.05) is 12.5 Å². The van der Waals surface area contributed by atoms with Gasteiger partial charge in [0.25, 0.3) is 0 Å². The SMILES string of the molecule is C=C(C)CCOc1c(Cl)cccc1CC(C)N. The molecule has 3 heteroatoms. The number of hydrogen-bond donors (Lipinski definition) is 1. The van der Waals surface area contributed by atoms with Gasteiger partial charge in [-0.1, -0.05) is 29.3 Å². The molecule has 0 saturated heterocycles. The van der Waals surface area contributed by atoms with Crippen LogP contribution in [0.25, 0.3) is 0 Å². The van der Waals surface area contributed by atoms with Crippen molar-refractivity contribution in [3.63, 3.8) is 0 Å². The molecule has 0 aliphatic carbocycles. The lowest BCUT2D eigenvalue weighted by molar-refractivity contribution is 0.318. The summed E-state index contributed by atoms with van der Waals surface area (Å²) in [5.41, 5.74) is 7.97. The molecular weight excluding hydrogens is 234 g/mol. The summed E-state index contributed by atoms with van der Waals surface area (Å²) in [6.45, 7) is 8.40. The van der Waals surface area contributed by atoms with Gasteiger partial charge in [-0.25, -0.2) is 0 Å². The molecule has 0 aromatic heterocycles. The van der Waals surface area contributed by atoms with Gasteiger partial charge >= 0.3 is 0 Å². The van der Waals surface area contributed by atoms with Gasteiger partial charge in [0.15, 0.2) is 0 Å². The van der Waals surface area contributed by atoms with Gasteiger partial charge in [-0.2, -0.15) is 0 Å². The largest absolute Gasteiger partial charge is 0.491 e. The summed E-state index contributed by atoms with van der Waals surface area (Å²) >= 11 is 6.14. The van der Waals surface area contributed by atoms with Crippen LogP contribution >= 0.6 is 11.6 Å². The van der Waals surface area contributed by atoms with E-state index >= 15 is 0 Å². The zero-order chi connectivity index (χ0) is 12.8. The number of benzene rings is 1. The summed E-state index contributed by atoms with van der Waals surface area (Å²) < 4.78 is 5.73. The molecule has 94 valence electrons. The van der Waals surface area contributed by atoms with Crippen LogP contribution in [0.15, 0.2) is 30.4 Å². The molecule has 0 amide bonds. The van der Waals surface area contributed by atoms with Crippen molar-refractivity contribution in [2.75, 3.05) is 6.61 Å². The van der Waals surface area contributed by atoms with Crippen molar-refractivity contribution in [3.05, 3.63) is 40.9 Å². The van der Waals surface area contributed by atoms with Crippen molar-refractivity contribution in [2.24, 2.45) is 5.73 Å². The molecular formula is C14H20ClNO. The van der Waals surface area contributed by atoms with Crippen LogP contribution in [0.2, 0.25) is 5.02 Å². The molecule has 0 radical (unpaired) electrons. The molecule has 0 bridgehead atoms. The van der Waals surface area contributed by atoms with E-state index in [0.717, 1.165) is 29.7 Å². The molecule has 2 N–H and O–H groups in total. The van der Waals surface area contributed by atoms with Gasteiger partial charge in [0.2, 0.25) is 0 Å². The van der Waals surface area contributed by atoms with Crippen LogP contribution in [0, 0.1) is 0 Å². The second-order valence-corrected chi connectivity index (χ2v) is 4.87. The van der Waals surface area contributed by atoms with E-state index in [4.69, 9.17) is 22.1 Å². The number of halogens is 1. The van der Waals surface area contributed by atoms with E-state index in [1.54, 1.807) is 0 Å². The zero-order valence-electron chi connectivity index (χ0n) is 10.5. The molecule has 1 atom stereocenters. The molecule has 1 rings (SSSR count). The third kappa shape index (κ3) is 4.80. The fourth-order valence-corrected chi connectivity index (χ4v) is 1.80. The fourth-order valence-electron chi connectivity index (χ4n) is 1.55. The summed E-state index contributed by atoms with van der Waals surface area (Å²) in [5, 5.41) is 0.643. The molecule has 0 aliphatic heterocycles. The lowest BCUT2D eigenvalue weighted by atomic mass is 10.1. The Labute approximate surface area is 108 Å². The first-order valence-corrected chi connectivity index (χ1v) is 6.18. The fraction of sp³-hybridized carbons (Fsp3) is 0.429. The third-order valence-corrected chi connectivity index (χ3v) is 2.66. The van der Waals surface area contributed by atoms with Crippen LogP contribution in [0.3, 0.4) is 0 Å². The summed E-state index contributed by atoms with van der Waals surface area (Å²) in [7, 11) is 0. The van der Waals surface area contributed by atoms with Crippen molar-refractivity contribution in [3.8, 4) is 5.75 Å². The van der Waals surface area contributed by atoms with E-state index in [2.05, 4.69) is 6.58 Å². The summed E-state index contributed by atoms with van der Waals surface area (Å²) in [4.78, 5) is 0. The Morgan fingerprint density at radius 3 is 2.82 bits per heavy atom. The van der Waals surface area contributed by atoms with Crippen LogP contribution in [-0.2, 0) is 6.42 Å². The molecule has 0 aliphatic rings. The first-order valence-electron chi connectivity index (χ1n) is 5.81. The van der Waals surface area contributed by atoms with Crippen LogP contribution in [0.4, 0.5) is 0 Å². The minimum absolute atomic E-state index is 0.0944. The monoisotopic (exact) mass is 253 g/mol. The molecule has 0 fully saturated rings. The molecule has 2 nitrogen and oxygen atoms in total. The Bertz CT molecular complexity index is 388. The first-order chi connectivity index (χ1) is 8.00. The molecule has 17 heavy (non-hydrogen) atoms. The van der Waals surface area contributed by atoms with E-state index in [1.165, 1.54) is 0 Å².